The van der Waals surface area contributed by atoms with Gasteiger partial charge in [-0.25, -0.2) is 18.4 Å². The van der Waals surface area contributed by atoms with Gasteiger partial charge in [0.2, 0.25) is 0 Å². The van der Waals surface area contributed by atoms with Gasteiger partial charge in [0.25, 0.3) is 10.0 Å². The van der Waals surface area contributed by atoms with Crippen LogP contribution in [-0.2, 0) is 14.8 Å². The summed E-state index contributed by atoms with van der Waals surface area (Å²) in [4.78, 5) is 22.8. The summed E-state index contributed by atoms with van der Waals surface area (Å²) in [6.45, 7) is 3.17. The van der Waals surface area contributed by atoms with Crippen LogP contribution in [0.5, 0.6) is 0 Å². The van der Waals surface area contributed by atoms with E-state index in [1.165, 1.54) is 35.1 Å². The van der Waals surface area contributed by atoms with Gasteiger partial charge in [0.15, 0.2) is 10.9 Å². The predicted molar refractivity (Wildman–Crippen MR) is 150 cm³/mol. The van der Waals surface area contributed by atoms with Crippen LogP contribution in [0.1, 0.15) is 5.69 Å². The van der Waals surface area contributed by atoms with E-state index in [0.29, 0.717) is 28.0 Å². The lowest BCUT2D eigenvalue weighted by Gasteiger charge is -2.26. The van der Waals surface area contributed by atoms with Crippen LogP contribution in [0.2, 0.25) is 0 Å². The molecule has 198 valence electrons. The van der Waals surface area contributed by atoms with E-state index >= 15 is 0 Å². The highest BCUT2D eigenvalue weighted by Gasteiger charge is 2.16. The number of carbonyl (C=O) groups is 1. The summed E-state index contributed by atoms with van der Waals surface area (Å²) in [7, 11) is -3.83. The maximum absolute atomic E-state index is 12.7. The first-order valence-corrected chi connectivity index (χ1v) is 13.9. The zero-order valence-electron chi connectivity index (χ0n) is 20.6. The normalized spacial score (nSPS) is 14.6. The molecule has 39 heavy (non-hydrogen) atoms. The maximum atomic E-state index is 12.7. The van der Waals surface area contributed by atoms with E-state index in [0.717, 1.165) is 32.5 Å². The zero-order chi connectivity index (χ0) is 27.2. The van der Waals surface area contributed by atoms with Gasteiger partial charge in [-0.2, -0.15) is 4.68 Å². The topological polar surface area (TPSA) is 134 Å². The van der Waals surface area contributed by atoms with E-state index in [2.05, 4.69) is 35.2 Å². The number of rotatable bonds is 8. The Labute approximate surface area is 230 Å². The van der Waals surface area contributed by atoms with E-state index in [4.69, 9.17) is 12.2 Å². The number of aldehydes is 1. The van der Waals surface area contributed by atoms with Gasteiger partial charge >= 0.3 is 0 Å². The minimum absolute atomic E-state index is 0.0500. The molecule has 5 rings (SSSR count). The Hall–Kier alpha value is -4.33. The smallest absolute Gasteiger partial charge is 0.263 e. The van der Waals surface area contributed by atoms with Crippen LogP contribution in [0, 0.1) is 4.64 Å². The number of allylic oxidation sites excluding steroid dienone is 1. The molecule has 1 aliphatic rings. The number of nitrogens with zero attached hydrogens (tertiary/aromatic N) is 6. The molecule has 2 aromatic heterocycles. The molecule has 11 nitrogen and oxygen atoms in total. The number of fused-ring (bicyclic) bond motifs is 1. The van der Waals surface area contributed by atoms with Crippen molar-refractivity contribution < 1.29 is 13.2 Å². The third kappa shape index (κ3) is 6.06. The number of benzene rings is 2. The largest absolute Gasteiger partial charge is 0.374 e. The fraction of sp³-hybridized carbons (Fsp3) is 0.154. The van der Waals surface area contributed by atoms with Gasteiger partial charge < -0.3 is 10.2 Å². The van der Waals surface area contributed by atoms with Crippen molar-refractivity contribution >= 4 is 56.6 Å². The number of hydrogen-bond acceptors (Lipinski definition) is 10. The number of hydrogen-bond donors (Lipinski definition) is 2. The quantitative estimate of drug-likeness (QED) is 0.143. The number of aromatic nitrogens is 3. The number of anilines is 1. The van der Waals surface area contributed by atoms with Gasteiger partial charge in [-0.1, -0.05) is 35.6 Å². The van der Waals surface area contributed by atoms with Crippen LogP contribution in [0.25, 0.3) is 16.6 Å². The Balaban J connectivity index is 1.47. The Kier molecular flexibility index (Phi) is 7.81. The highest BCUT2D eigenvalue weighted by molar-refractivity contribution is 7.92. The Morgan fingerprint density at radius 2 is 1.77 bits per heavy atom. The average molecular weight is 561 g/mol. The molecule has 3 heterocycles. The summed E-state index contributed by atoms with van der Waals surface area (Å²) >= 11 is 5.70. The third-order valence-electron chi connectivity index (χ3n) is 5.91. The zero-order valence-corrected chi connectivity index (χ0v) is 22.3. The van der Waals surface area contributed by atoms with Gasteiger partial charge in [0.05, 0.1) is 27.2 Å². The molecule has 2 N–H and O–H groups in total. The molecule has 0 radical (unpaired) electrons. The molecular formula is C26H24N8O3S2. The van der Waals surface area contributed by atoms with E-state index in [9.17, 15) is 13.2 Å². The highest BCUT2D eigenvalue weighted by atomic mass is 32.2. The SMILES string of the molecule is O=C/C(=C/N1CCNCC1)c1nc2ccccc2n(N=Nc2ccc(S(=O)(=O)Nc3ccccn3)cc2)c1=S. The van der Waals surface area contributed by atoms with Gasteiger partial charge in [-0.15, -0.1) is 5.11 Å². The molecule has 0 unspecified atom stereocenters. The number of pyridine rings is 1. The van der Waals surface area contributed by atoms with E-state index in [-0.39, 0.29) is 15.4 Å². The fourth-order valence-electron chi connectivity index (χ4n) is 3.96. The molecule has 13 heteroatoms. The molecule has 2 aromatic carbocycles. The van der Waals surface area contributed by atoms with E-state index < -0.39 is 10.0 Å². The van der Waals surface area contributed by atoms with Crippen LogP contribution in [0.3, 0.4) is 0 Å². The minimum Gasteiger partial charge on any atom is -0.374 e. The number of sulfonamides is 1. The number of nitrogens with one attached hydrogen (secondary N) is 2. The van der Waals surface area contributed by atoms with Crippen molar-refractivity contribution in [3.8, 4) is 0 Å². The molecule has 0 saturated carbocycles. The summed E-state index contributed by atoms with van der Waals surface area (Å²) in [5.74, 6) is 0.219. The molecule has 0 amide bonds. The van der Waals surface area contributed by atoms with Gasteiger partial charge in [0.1, 0.15) is 11.5 Å². The minimum atomic E-state index is -3.83. The first-order valence-electron chi connectivity index (χ1n) is 12.0. The third-order valence-corrected chi connectivity index (χ3v) is 7.65. The second-order valence-electron chi connectivity index (χ2n) is 8.56. The van der Waals surface area contributed by atoms with E-state index in [1.54, 1.807) is 36.5 Å². The monoisotopic (exact) mass is 560 g/mol. The lowest BCUT2D eigenvalue weighted by molar-refractivity contribution is -0.103. The highest BCUT2D eigenvalue weighted by Crippen LogP contribution is 2.23. The van der Waals surface area contributed by atoms with Crippen molar-refractivity contribution in [3.05, 3.63) is 89.5 Å². The molecule has 0 atom stereocenters. The maximum Gasteiger partial charge on any atom is 0.263 e. The van der Waals surface area contributed by atoms with E-state index in [1.807, 2.05) is 12.1 Å². The molecule has 0 spiro atoms. The first kappa shape index (κ1) is 26.3. The number of piperazine rings is 1. The Morgan fingerprint density at radius 1 is 1.03 bits per heavy atom. The van der Waals surface area contributed by atoms with Crippen LogP contribution in [0.4, 0.5) is 11.5 Å². The van der Waals surface area contributed by atoms with Crippen molar-refractivity contribution in [2.75, 3.05) is 30.9 Å². The fourth-order valence-corrected chi connectivity index (χ4v) is 5.26. The van der Waals surface area contributed by atoms with Crippen LogP contribution in [-0.4, -0.2) is 60.4 Å². The second kappa shape index (κ2) is 11.6. The molecule has 0 aliphatic carbocycles. The first-order chi connectivity index (χ1) is 18.9. The van der Waals surface area contributed by atoms with Crippen molar-refractivity contribution in [2.45, 2.75) is 4.90 Å². The molecule has 0 bridgehead atoms. The van der Waals surface area contributed by atoms with Crippen LogP contribution in [0.15, 0.2) is 94.4 Å². The summed E-state index contributed by atoms with van der Waals surface area (Å²) in [5, 5.41) is 11.9. The summed E-state index contributed by atoms with van der Waals surface area (Å²) in [6, 6.07) is 18.1. The lowest BCUT2D eigenvalue weighted by Crippen LogP contribution is -2.40. The van der Waals surface area contributed by atoms with Gasteiger partial charge in [-0.3, -0.25) is 9.52 Å². The van der Waals surface area contributed by atoms with Crippen molar-refractivity contribution in [2.24, 2.45) is 10.3 Å². The van der Waals surface area contributed by atoms with Gasteiger partial charge in [0, 0.05) is 38.6 Å². The van der Waals surface area contributed by atoms with Gasteiger partial charge in [-0.05, 0) is 48.5 Å². The van der Waals surface area contributed by atoms with Crippen molar-refractivity contribution in [1.82, 2.24) is 24.9 Å². The molecule has 1 fully saturated rings. The average Bonchev–Trinajstić information content (AvgIpc) is 2.96. The van der Waals surface area contributed by atoms with Crippen molar-refractivity contribution in [3.63, 3.8) is 0 Å². The molecule has 1 saturated heterocycles. The summed E-state index contributed by atoms with van der Waals surface area (Å²) in [6.07, 6.45) is 4.02. The molecule has 1 aliphatic heterocycles. The Bertz CT molecular complexity index is 1710. The Morgan fingerprint density at radius 3 is 2.49 bits per heavy atom. The van der Waals surface area contributed by atoms with Crippen LogP contribution >= 0.6 is 12.2 Å². The molecule has 4 aromatic rings. The summed E-state index contributed by atoms with van der Waals surface area (Å²) < 4.78 is 29.5. The lowest BCUT2D eigenvalue weighted by atomic mass is 10.2. The predicted octanol–water partition coefficient (Wildman–Crippen LogP) is 3.95. The van der Waals surface area contributed by atoms with Crippen LogP contribution < -0.4 is 10.0 Å². The second-order valence-corrected chi connectivity index (χ2v) is 10.6. The van der Waals surface area contributed by atoms with Crippen molar-refractivity contribution in [1.29, 1.82) is 0 Å². The number of carbonyl (C=O) groups excluding carboxylic acids is 1. The molecular weight excluding hydrogens is 536 g/mol. The standard InChI is InChI=1S/C26H24N8O3S2/c35-18-19(17-33-15-13-27-14-16-33)25-26(38)34(23-6-2-1-5-22(23)29-25)32-30-20-8-10-21(11-9-20)39(36,37)31-24-7-3-4-12-28-24/h1-12,17-18,27H,13-16H2,(H,28,31)/b19-17-,32-30?. The number of para-hydroxylation sites is 2. The summed E-state index contributed by atoms with van der Waals surface area (Å²) in [5.41, 5.74) is 2.30.